The van der Waals surface area contributed by atoms with Crippen LogP contribution in [0.3, 0.4) is 0 Å². The number of hydrogen-bond acceptors (Lipinski definition) is 4. The zero-order chi connectivity index (χ0) is 28.7. The Bertz CT molecular complexity index is 2390. The molecule has 43 heavy (non-hydrogen) atoms. The minimum absolute atomic E-state index is 0.763. The number of ether oxygens (including phenoxy) is 2. The van der Waals surface area contributed by atoms with Gasteiger partial charge in [0.05, 0.1) is 0 Å². The highest BCUT2D eigenvalue weighted by molar-refractivity contribution is 6.10. The maximum Gasteiger partial charge on any atom is 0.245 e. The molecule has 0 unspecified atom stereocenters. The van der Waals surface area contributed by atoms with Crippen molar-refractivity contribution in [3.8, 4) is 44.9 Å². The summed E-state index contributed by atoms with van der Waals surface area (Å²) in [6.45, 7) is 3.89. The van der Waals surface area contributed by atoms with Crippen LogP contribution < -0.4 is 9.47 Å². The second-order valence-electron chi connectivity index (χ2n) is 11.6. The molecule has 4 heteroatoms. The van der Waals surface area contributed by atoms with Gasteiger partial charge in [0, 0.05) is 52.1 Å². The summed E-state index contributed by atoms with van der Waals surface area (Å²) in [4.78, 5) is 0. The van der Waals surface area contributed by atoms with Crippen molar-refractivity contribution >= 4 is 43.9 Å². The Kier molecular flexibility index (Phi) is 4.92. The SMILES string of the molecule is CC1(C)Oc2cc(-c3cccc4c3oc3ccccc34)ccc2-c2cc(-c3ccc4c(c3)oc3ccccc34)ccc2O1. The highest BCUT2D eigenvalue weighted by Crippen LogP contribution is 2.47. The molecule has 1 aliphatic rings. The van der Waals surface area contributed by atoms with Crippen molar-refractivity contribution in [3.63, 3.8) is 0 Å². The second-order valence-corrected chi connectivity index (χ2v) is 11.6. The molecule has 0 saturated carbocycles. The normalized spacial score (nSPS) is 13.9. The molecule has 0 radical (unpaired) electrons. The highest BCUT2D eigenvalue weighted by atomic mass is 16.7. The number of benzene rings is 6. The van der Waals surface area contributed by atoms with Crippen LogP contribution in [0, 0.1) is 0 Å². The van der Waals surface area contributed by atoms with Crippen molar-refractivity contribution < 1.29 is 18.3 Å². The molecule has 0 amide bonds. The Morgan fingerprint density at radius 3 is 1.93 bits per heavy atom. The molecule has 0 N–H and O–H groups in total. The molecule has 8 aromatic rings. The van der Waals surface area contributed by atoms with Gasteiger partial charge in [0.15, 0.2) is 0 Å². The molecular formula is C39H26O4. The summed E-state index contributed by atoms with van der Waals surface area (Å²) < 4.78 is 25.5. The van der Waals surface area contributed by atoms with E-state index in [1.807, 2.05) is 56.3 Å². The monoisotopic (exact) mass is 558 g/mol. The summed E-state index contributed by atoms with van der Waals surface area (Å²) in [6, 6.07) is 41.7. The zero-order valence-electron chi connectivity index (χ0n) is 23.7. The van der Waals surface area contributed by atoms with Crippen molar-refractivity contribution in [1.29, 1.82) is 0 Å². The Balaban J connectivity index is 1.19. The van der Waals surface area contributed by atoms with Crippen molar-refractivity contribution in [2.24, 2.45) is 0 Å². The summed E-state index contributed by atoms with van der Waals surface area (Å²) in [7, 11) is 0. The van der Waals surface area contributed by atoms with E-state index < -0.39 is 5.79 Å². The standard InChI is InChI=1S/C39H26O4/c1-39(2)42-35-19-16-23(24-14-17-29-27-8-3-5-12-33(27)40-36(29)21-24)20-32(35)30-18-15-25(22-37(30)43-39)26-10-7-11-31-28-9-4-6-13-34(28)41-38(26)31/h3-22H,1-2H3. The van der Waals surface area contributed by atoms with Gasteiger partial charge in [-0.2, -0.15) is 0 Å². The topological polar surface area (TPSA) is 44.7 Å². The largest absolute Gasteiger partial charge is 0.456 e. The highest BCUT2D eigenvalue weighted by Gasteiger charge is 2.30. The first-order chi connectivity index (χ1) is 21.0. The Morgan fingerprint density at radius 2 is 1.07 bits per heavy atom. The average Bonchev–Trinajstić information content (AvgIpc) is 3.55. The van der Waals surface area contributed by atoms with E-state index in [2.05, 4.69) is 78.9 Å². The molecule has 0 bridgehead atoms. The predicted octanol–water partition coefficient (Wildman–Crippen LogP) is 11.0. The molecule has 0 fully saturated rings. The van der Waals surface area contributed by atoms with Crippen LogP contribution in [0.25, 0.3) is 77.3 Å². The summed E-state index contributed by atoms with van der Waals surface area (Å²) in [5, 5.41) is 4.46. The van der Waals surface area contributed by atoms with Gasteiger partial charge in [-0.3, -0.25) is 0 Å². The van der Waals surface area contributed by atoms with Gasteiger partial charge in [-0.15, -0.1) is 0 Å². The zero-order valence-corrected chi connectivity index (χ0v) is 23.7. The minimum atomic E-state index is -0.862. The third-order valence-electron chi connectivity index (χ3n) is 8.39. The van der Waals surface area contributed by atoms with Gasteiger partial charge < -0.3 is 18.3 Å². The fourth-order valence-corrected chi connectivity index (χ4v) is 6.44. The van der Waals surface area contributed by atoms with Gasteiger partial charge in [0.2, 0.25) is 5.79 Å². The fourth-order valence-electron chi connectivity index (χ4n) is 6.44. The third-order valence-corrected chi connectivity index (χ3v) is 8.39. The van der Waals surface area contributed by atoms with E-state index in [4.69, 9.17) is 18.3 Å². The summed E-state index contributed by atoms with van der Waals surface area (Å²) in [5.41, 5.74) is 9.69. The first kappa shape index (κ1) is 24.2. The van der Waals surface area contributed by atoms with Gasteiger partial charge in [0.1, 0.15) is 33.8 Å². The predicted molar refractivity (Wildman–Crippen MR) is 173 cm³/mol. The molecule has 0 spiro atoms. The molecule has 4 nitrogen and oxygen atoms in total. The van der Waals surface area contributed by atoms with Crippen molar-refractivity contribution in [3.05, 3.63) is 121 Å². The number of hydrogen-bond donors (Lipinski definition) is 0. The van der Waals surface area contributed by atoms with Gasteiger partial charge in [-0.05, 0) is 65.2 Å². The third kappa shape index (κ3) is 3.76. The summed E-state index contributed by atoms with van der Waals surface area (Å²) in [6.07, 6.45) is 0. The molecule has 0 saturated heterocycles. The van der Waals surface area contributed by atoms with Gasteiger partial charge >= 0.3 is 0 Å². The molecule has 206 valence electrons. The van der Waals surface area contributed by atoms with Crippen LogP contribution in [0.1, 0.15) is 13.8 Å². The molecular weight excluding hydrogens is 532 g/mol. The van der Waals surface area contributed by atoms with E-state index in [1.165, 1.54) is 0 Å². The van der Waals surface area contributed by atoms with Crippen molar-refractivity contribution in [1.82, 2.24) is 0 Å². The van der Waals surface area contributed by atoms with Gasteiger partial charge in [-0.25, -0.2) is 0 Å². The van der Waals surface area contributed by atoms with Crippen LogP contribution in [-0.4, -0.2) is 5.79 Å². The van der Waals surface area contributed by atoms with E-state index in [0.29, 0.717) is 0 Å². The van der Waals surface area contributed by atoms with Crippen LogP contribution in [-0.2, 0) is 0 Å². The van der Waals surface area contributed by atoms with Crippen LogP contribution in [0.2, 0.25) is 0 Å². The molecule has 1 aliphatic heterocycles. The number of para-hydroxylation sites is 3. The summed E-state index contributed by atoms with van der Waals surface area (Å²) >= 11 is 0. The maximum atomic E-state index is 6.53. The molecule has 6 aromatic carbocycles. The maximum absolute atomic E-state index is 6.53. The first-order valence-corrected chi connectivity index (χ1v) is 14.5. The lowest BCUT2D eigenvalue weighted by Crippen LogP contribution is -2.34. The number of rotatable bonds is 2. The van der Waals surface area contributed by atoms with Crippen LogP contribution in [0.4, 0.5) is 0 Å². The minimum Gasteiger partial charge on any atom is -0.456 e. The van der Waals surface area contributed by atoms with Gasteiger partial charge in [-0.1, -0.05) is 72.8 Å². The molecule has 3 heterocycles. The molecule has 0 aliphatic carbocycles. The summed E-state index contributed by atoms with van der Waals surface area (Å²) in [5.74, 6) is 0.683. The molecule has 0 atom stereocenters. The smallest absolute Gasteiger partial charge is 0.245 e. The van der Waals surface area contributed by atoms with Crippen LogP contribution >= 0.6 is 0 Å². The van der Waals surface area contributed by atoms with Crippen molar-refractivity contribution in [2.45, 2.75) is 19.6 Å². The van der Waals surface area contributed by atoms with Crippen LogP contribution in [0.15, 0.2) is 130 Å². The Morgan fingerprint density at radius 1 is 0.419 bits per heavy atom. The quantitative estimate of drug-likeness (QED) is 0.212. The van der Waals surface area contributed by atoms with Crippen LogP contribution in [0.5, 0.6) is 11.5 Å². The van der Waals surface area contributed by atoms with E-state index in [1.54, 1.807) is 0 Å². The van der Waals surface area contributed by atoms with Crippen molar-refractivity contribution in [2.75, 3.05) is 0 Å². The first-order valence-electron chi connectivity index (χ1n) is 14.5. The average molecular weight is 559 g/mol. The lowest BCUT2D eigenvalue weighted by molar-refractivity contribution is -0.0778. The lowest BCUT2D eigenvalue weighted by atomic mass is 9.94. The molecule has 9 rings (SSSR count). The number of fused-ring (bicyclic) bond motifs is 9. The van der Waals surface area contributed by atoms with E-state index in [9.17, 15) is 0 Å². The Labute approximate surface area is 247 Å². The fraction of sp³-hybridized carbons (Fsp3) is 0.0769. The molecule has 2 aromatic heterocycles. The number of furan rings is 2. The van der Waals surface area contributed by atoms with Gasteiger partial charge in [0.25, 0.3) is 0 Å². The van der Waals surface area contributed by atoms with E-state index in [0.717, 1.165) is 88.8 Å². The van der Waals surface area contributed by atoms with E-state index >= 15 is 0 Å². The second kappa shape index (κ2) is 8.76. The lowest BCUT2D eigenvalue weighted by Gasteiger charge is -2.25. The Hall–Kier alpha value is -5.48. The van der Waals surface area contributed by atoms with E-state index in [-0.39, 0.29) is 0 Å².